The number of sulfone groups is 1. The van der Waals surface area contributed by atoms with Gasteiger partial charge in [-0.2, -0.15) is 0 Å². The number of aryl methyl sites for hydroxylation is 1. The minimum atomic E-state index is -3.45. The number of nitrogens with one attached hydrogen (secondary N) is 1. The van der Waals surface area contributed by atoms with E-state index in [0.717, 1.165) is 11.3 Å². The van der Waals surface area contributed by atoms with E-state index in [-0.39, 0.29) is 23.0 Å². The lowest BCUT2D eigenvalue weighted by molar-refractivity contribution is -0.120. The smallest absolute Gasteiger partial charge is 0.239 e. The summed E-state index contributed by atoms with van der Waals surface area (Å²) in [6.45, 7) is 4.49. The molecule has 0 fully saturated rings. The molecule has 0 spiro atoms. The van der Waals surface area contributed by atoms with Crippen molar-refractivity contribution in [1.82, 2.24) is 5.43 Å². The van der Waals surface area contributed by atoms with E-state index < -0.39 is 9.84 Å². The monoisotopic (exact) mass is 346 g/mol. The van der Waals surface area contributed by atoms with Crippen LogP contribution in [0.4, 0.5) is 5.69 Å². The molecule has 0 aliphatic rings. The van der Waals surface area contributed by atoms with Gasteiger partial charge in [-0.1, -0.05) is 35.9 Å². The van der Waals surface area contributed by atoms with Crippen LogP contribution in [0.2, 0.25) is 0 Å². The molecule has 0 heterocycles. The normalized spacial score (nSPS) is 11.1. The minimum Gasteiger partial charge on any atom is -0.286 e. The Hall–Kier alpha value is -2.34. The van der Waals surface area contributed by atoms with E-state index >= 15 is 0 Å². The molecule has 0 aromatic heterocycles. The molecule has 128 valence electrons. The maximum absolute atomic E-state index is 12.2. The van der Waals surface area contributed by atoms with Crippen molar-refractivity contribution in [3.05, 3.63) is 60.2 Å². The van der Waals surface area contributed by atoms with Crippen LogP contribution in [0, 0.1) is 6.92 Å². The van der Waals surface area contributed by atoms with Crippen LogP contribution in [0.1, 0.15) is 18.9 Å². The number of hydrogen-bond donors (Lipinski definition) is 1. The fourth-order valence-electron chi connectivity index (χ4n) is 2.23. The molecule has 0 atom stereocenters. The van der Waals surface area contributed by atoms with E-state index in [0.29, 0.717) is 6.54 Å². The fraction of sp³-hybridized carbons (Fsp3) is 0.278. The molecule has 0 saturated carbocycles. The summed E-state index contributed by atoms with van der Waals surface area (Å²) in [5.41, 5.74) is 4.75. The lowest BCUT2D eigenvalue weighted by Crippen LogP contribution is -2.42. The average molecular weight is 346 g/mol. The van der Waals surface area contributed by atoms with Crippen molar-refractivity contribution in [2.24, 2.45) is 0 Å². The van der Waals surface area contributed by atoms with E-state index in [1.54, 1.807) is 23.2 Å². The molecule has 0 bridgehead atoms. The van der Waals surface area contributed by atoms with E-state index in [1.165, 1.54) is 12.1 Å². The van der Waals surface area contributed by atoms with Gasteiger partial charge in [0, 0.05) is 13.0 Å². The molecule has 2 rings (SSSR count). The van der Waals surface area contributed by atoms with Gasteiger partial charge in [0.05, 0.1) is 16.3 Å². The van der Waals surface area contributed by atoms with Gasteiger partial charge in [-0.25, -0.2) is 8.42 Å². The first kappa shape index (κ1) is 18.0. The number of carbonyl (C=O) groups is 1. The van der Waals surface area contributed by atoms with Crippen LogP contribution in [0.3, 0.4) is 0 Å². The first-order valence-electron chi connectivity index (χ1n) is 7.84. The highest BCUT2D eigenvalue weighted by Crippen LogP contribution is 2.14. The Kier molecular flexibility index (Phi) is 5.98. The molecule has 2 aromatic carbocycles. The SMILES string of the molecule is CCN(NC(=O)CCS(=O)(=O)c1ccccc1)c1ccc(C)cc1. The van der Waals surface area contributed by atoms with Crippen LogP contribution in [-0.2, 0) is 14.6 Å². The Labute approximate surface area is 143 Å². The summed E-state index contributed by atoms with van der Waals surface area (Å²) in [5, 5.41) is 1.71. The molecule has 0 radical (unpaired) electrons. The van der Waals surface area contributed by atoms with Crippen molar-refractivity contribution in [1.29, 1.82) is 0 Å². The zero-order chi connectivity index (χ0) is 17.6. The average Bonchev–Trinajstić information content (AvgIpc) is 2.59. The summed E-state index contributed by atoms with van der Waals surface area (Å²) in [7, 11) is -3.45. The second-order valence-electron chi connectivity index (χ2n) is 5.50. The van der Waals surface area contributed by atoms with Gasteiger partial charge in [0.1, 0.15) is 0 Å². The number of hydrogen-bond acceptors (Lipinski definition) is 4. The molecule has 1 N–H and O–H groups in total. The third-order valence-electron chi connectivity index (χ3n) is 3.62. The van der Waals surface area contributed by atoms with Gasteiger partial charge >= 0.3 is 0 Å². The Bertz CT molecular complexity index is 772. The van der Waals surface area contributed by atoms with Gasteiger partial charge in [-0.05, 0) is 38.1 Å². The zero-order valence-electron chi connectivity index (χ0n) is 13.9. The van der Waals surface area contributed by atoms with E-state index in [9.17, 15) is 13.2 Å². The van der Waals surface area contributed by atoms with Crippen molar-refractivity contribution in [3.63, 3.8) is 0 Å². The van der Waals surface area contributed by atoms with E-state index in [1.807, 2.05) is 38.1 Å². The quantitative estimate of drug-likeness (QED) is 0.783. The Morgan fingerprint density at radius 2 is 1.67 bits per heavy atom. The molecule has 1 amide bonds. The third-order valence-corrected chi connectivity index (χ3v) is 5.35. The first-order chi connectivity index (χ1) is 11.4. The number of carbonyl (C=O) groups excluding carboxylic acids is 1. The number of benzene rings is 2. The Balaban J connectivity index is 1.96. The molecular weight excluding hydrogens is 324 g/mol. The lowest BCUT2D eigenvalue weighted by atomic mass is 10.2. The topological polar surface area (TPSA) is 66.5 Å². The molecular formula is C18H22N2O3S. The second-order valence-corrected chi connectivity index (χ2v) is 7.61. The third kappa shape index (κ3) is 4.83. The molecule has 0 aliphatic heterocycles. The van der Waals surface area contributed by atoms with Crippen molar-refractivity contribution in [2.45, 2.75) is 25.2 Å². The minimum absolute atomic E-state index is 0.0837. The van der Waals surface area contributed by atoms with E-state index in [4.69, 9.17) is 0 Å². The van der Waals surface area contributed by atoms with Crippen LogP contribution in [0.5, 0.6) is 0 Å². The molecule has 2 aromatic rings. The van der Waals surface area contributed by atoms with Gasteiger partial charge in [0.15, 0.2) is 9.84 Å². The van der Waals surface area contributed by atoms with Crippen LogP contribution in [0.15, 0.2) is 59.5 Å². The summed E-state index contributed by atoms with van der Waals surface area (Å²) in [4.78, 5) is 12.4. The van der Waals surface area contributed by atoms with E-state index in [2.05, 4.69) is 5.43 Å². The van der Waals surface area contributed by atoms with Crippen molar-refractivity contribution >= 4 is 21.4 Å². The lowest BCUT2D eigenvalue weighted by Gasteiger charge is -2.24. The number of anilines is 1. The molecule has 0 saturated heterocycles. The van der Waals surface area contributed by atoms with Crippen LogP contribution >= 0.6 is 0 Å². The molecule has 0 unspecified atom stereocenters. The molecule has 5 nitrogen and oxygen atoms in total. The number of rotatable bonds is 7. The highest BCUT2D eigenvalue weighted by molar-refractivity contribution is 7.91. The maximum atomic E-state index is 12.2. The largest absolute Gasteiger partial charge is 0.286 e. The summed E-state index contributed by atoms with van der Waals surface area (Å²) in [6, 6.07) is 15.9. The number of hydrazine groups is 1. The van der Waals surface area contributed by atoms with Crippen molar-refractivity contribution in [3.8, 4) is 0 Å². The maximum Gasteiger partial charge on any atom is 0.239 e. The summed E-state index contributed by atoms with van der Waals surface area (Å²) >= 11 is 0. The number of amides is 1. The zero-order valence-corrected chi connectivity index (χ0v) is 14.7. The van der Waals surface area contributed by atoms with Crippen LogP contribution < -0.4 is 10.4 Å². The van der Waals surface area contributed by atoms with Gasteiger partial charge in [0.25, 0.3) is 0 Å². The predicted octanol–water partition coefficient (Wildman–Crippen LogP) is 2.72. The summed E-state index contributed by atoms with van der Waals surface area (Å²) in [5.74, 6) is -0.536. The standard InChI is InChI=1S/C18H22N2O3S/c1-3-20(16-11-9-15(2)10-12-16)19-18(21)13-14-24(22,23)17-7-5-4-6-8-17/h4-12H,3,13-14H2,1-2H3,(H,19,21). The predicted molar refractivity (Wildman–Crippen MR) is 95.5 cm³/mol. The van der Waals surface area contributed by atoms with Gasteiger partial charge in [0.2, 0.25) is 5.91 Å². The summed E-state index contributed by atoms with van der Waals surface area (Å²) < 4.78 is 24.4. The van der Waals surface area contributed by atoms with Gasteiger partial charge < -0.3 is 0 Å². The first-order valence-corrected chi connectivity index (χ1v) is 9.49. The van der Waals surface area contributed by atoms with Crippen LogP contribution in [-0.4, -0.2) is 26.6 Å². The van der Waals surface area contributed by atoms with Gasteiger partial charge in [-0.3, -0.25) is 15.2 Å². The van der Waals surface area contributed by atoms with Crippen LogP contribution in [0.25, 0.3) is 0 Å². The highest BCUT2D eigenvalue weighted by Gasteiger charge is 2.17. The van der Waals surface area contributed by atoms with Gasteiger partial charge in [-0.15, -0.1) is 0 Å². The highest BCUT2D eigenvalue weighted by atomic mass is 32.2. The number of nitrogens with zero attached hydrogens (tertiary/aromatic N) is 1. The Morgan fingerprint density at radius 1 is 1.04 bits per heavy atom. The molecule has 6 heteroatoms. The molecule has 0 aliphatic carbocycles. The fourth-order valence-corrected chi connectivity index (χ4v) is 3.49. The Morgan fingerprint density at radius 3 is 2.25 bits per heavy atom. The summed E-state index contributed by atoms with van der Waals surface area (Å²) in [6.07, 6.45) is -0.0837. The van der Waals surface area contributed by atoms with Crippen molar-refractivity contribution < 1.29 is 13.2 Å². The second kappa shape index (κ2) is 7.97. The van der Waals surface area contributed by atoms with Crippen molar-refractivity contribution in [2.75, 3.05) is 17.3 Å². The molecule has 24 heavy (non-hydrogen) atoms.